The molecule has 0 rings (SSSR count). The first kappa shape index (κ1) is 14.5. The van der Waals surface area contributed by atoms with Crippen LogP contribution in [0.15, 0.2) is 29.0 Å². The number of rotatable bonds is 4. The van der Waals surface area contributed by atoms with Gasteiger partial charge in [-0.05, 0) is 25.5 Å². The molecule has 0 aromatic heterocycles. The zero-order chi connectivity index (χ0) is 10.5. The van der Waals surface area contributed by atoms with E-state index in [0.717, 1.165) is 5.75 Å². The topological polar surface area (TPSA) is 41.5 Å². The molecule has 0 saturated carbocycles. The lowest BCUT2D eigenvalue weighted by Crippen LogP contribution is -2.07. The highest BCUT2D eigenvalue weighted by molar-refractivity contribution is 7.80. The Bertz CT molecular complexity index is 188. The Morgan fingerprint density at radius 3 is 2.54 bits per heavy atom. The second kappa shape index (κ2) is 13.6. The SMILES string of the molecule is C=N/C=C\C(=C/C)NC=O.CCS. The first-order valence-corrected chi connectivity index (χ1v) is 4.49. The van der Waals surface area contributed by atoms with E-state index in [0.29, 0.717) is 12.1 Å². The zero-order valence-corrected chi connectivity index (χ0v) is 8.92. The smallest absolute Gasteiger partial charge is 0.211 e. The lowest BCUT2D eigenvalue weighted by molar-refractivity contribution is -0.108. The summed E-state index contributed by atoms with van der Waals surface area (Å²) >= 11 is 3.79. The highest BCUT2D eigenvalue weighted by Gasteiger charge is 1.82. The van der Waals surface area contributed by atoms with E-state index < -0.39 is 0 Å². The van der Waals surface area contributed by atoms with Gasteiger partial charge in [-0.3, -0.25) is 9.79 Å². The van der Waals surface area contributed by atoms with E-state index in [1.807, 2.05) is 13.8 Å². The summed E-state index contributed by atoms with van der Waals surface area (Å²) in [7, 11) is 0. The Balaban J connectivity index is 0. The fraction of sp³-hybridized carbons (Fsp3) is 0.333. The fourth-order valence-corrected chi connectivity index (χ4v) is 0.429. The van der Waals surface area contributed by atoms with Crippen LogP contribution in [0.1, 0.15) is 13.8 Å². The lowest BCUT2D eigenvalue weighted by atomic mass is 10.4. The highest BCUT2D eigenvalue weighted by Crippen LogP contribution is 1.88. The number of hydrogen-bond acceptors (Lipinski definition) is 3. The van der Waals surface area contributed by atoms with Crippen molar-refractivity contribution in [1.82, 2.24) is 5.32 Å². The quantitative estimate of drug-likeness (QED) is 0.309. The Morgan fingerprint density at radius 1 is 1.69 bits per heavy atom. The Hall–Kier alpha value is -1.03. The van der Waals surface area contributed by atoms with Crippen molar-refractivity contribution in [2.24, 2.45) is 4.99 Å². The fourth-order valence-electron chi connectivity index (χ4n) is 0.429. The number of carbonyl (C=O) groups is 1. The van der Waals surface area contributed by atoms with E-state index in [-0.39, 0.29) is 0 Å². The Morgan fingerprint density at radius 2 is 2.23 bits per heavy atom. The molecule has 0 fully saturated rings. The van der Waals surface area contributed by atoms with Gasteiger partial charge in [0.15, 0.2) is 0 Å². The molecule has 0 atom stereocenters. The van der Waals surface area contributed by atoms with Crippen molar-refractivity contribution in [1.29, 1.82) is 0 Å². The number of nitrogens with one attached hydrogen (secondary N) is 1. The van der Waals surface area contributed by atoms with E-state index in [9.17, 15) is 4.79 Å². The van der Waals surface area contributed by atoms with Gasteiger partial charge in [0.1, 0.15) is 0 Å². The first-order valence-electron chi connectivity index (χ1n) is 3.86. The van der Waals surface area contributed by atoms with Crippen LogP contribution in [-0.2, 0) is 4.79 Å². The standard InChI is InChI=1S/C7H10N2O.C2H6S/c1-3-7(9-6-10)4-5-8-2;1-2-3/h3-6H,2H2,1H3,(H,9,10);3H,2H2,1H3/b5-4-,7-3+;. The second-order valence-corrected chi connectivity index (χ2v) is 2.45. The molecule has 4 heteroatoms. The van der Waals surface area contributed by atoms with Crippen molar-refractivity contribution in [2.45, 2.75) is 13.8 Å². The third kappa shape index (κ3) is 13.9. The maximum Gasteiger partial charge on any atom is 0.211 e. The number of hydrogen-bond donors (Lipinski definition) is 2. The van der Waals surface area contributed by atoms with Crippen molar-refractivity contribution in [3.8, 4) is 0 Å². The summed E-state index contributed by atoms with van der Waals surface area (Å²) in [6.45, 7) is 7.05. The molecule has 0 aromatic carbocycles. The highest BCUT2D eigenvalue weighted by atomic mass is 32.1. The molecule has 0 radical (unpaired) electrons. The van der Waals surface area contributed by atoms with Gasteiger partial charge in [0, 0.05) is 11.9 Å². The molecule has 0 saturated heterocycles. The largest absolute Gasteiger partial charge is 0.329 e. The minimum absolute atomic E-state index is 0.614. The van der Waals surface area contributed by atoms with Crippen LogP contribution in [0.5, 0.6) is 0 Å². The van der Waals surface area contributed by atoms with Gasteiger partial charge in [0.2, 0.25) is 6.41 Å². The predicted octanol–water partition coefficient (Wildman–Crippen LogP) is 1.79. The summed E-state index contributed by atoms with van der Waals surface area (Å²) in [6, 6.07) is 0. The molecule has 1 N–H and O–H groups in total. The first-order chi connectivity index (χ1) is 6.26. The number of aliphatic imine (C=N–C) groups is 1. The molecule has 3 nitrogen and oxygen atoms in total. The van der Waals surface area contributed by atoms with Crippen LogP contribution in [0, 0.1) is 0 Å². The second-order valence-electron chi connectivity index (χ2n) is 1.82. The van der Waals surface area contributed by atoms with Crippen LogP contribution >= 0.6 is 12.6 Å². The zero-order valence-electron chi connectivity index (χ0n) is 8.03. The summed E-state index contributed by atoms with van der Waals surface area (Å²) in [5, 5.41) is 2.47. The summed E-state index contributed by atoms with van der Waals surface area (Å²) in [5.74, 6) is 0.944. The summed E-state index contributed by atoms with van der Waals surface area (Å²) < 4.78 is 0. The molecule has 1 amide bonds. The molecule has 0 bridgehead atoms. The number of nitrogens with zero attached hydrogens (tertiary/aromatic N) is 1. The summed E-state index contributed by atoms with van der Waals surface area (Å²) in [6.07, 6.45) is 5.53. The van der Waals surface area contributed by atoms with Crippen molar-refractivity contribution in [3.05, 3.63) is 24.0 Å². The molecule has 0 heterocycles. The molecule has 0 aromatic rings. The number of carbonyl (C=O) groups excluding carboxylic acids is 1. The van der Waals surface area contributed by atoms with Gasteiger partial charge < -0.3 is 5.32 Å². The van der Waals surface area contributed by atoms with Crippen LogP contribution in [0.3, 0.4) is 0 Å². The third-order valence-electron chi connectivity index (χ3n) is 0.896. The van der Waals surface area contributed by atoms with Gasteiger partial charge in [-0.1, -0.05) is 13.0 Å². The number of thiol groups is 1. The molecule has 0 aliphatic carbocycles. The number of amides is 1. The summed E-state index contributed by atoms with van der Waals surface area (Å²) in [4.78, 5) is 13.4. The van der Waals surface area contributed by atoms with E-state index in [1.54, 1.807) is 12.2 Å². The average molecular weight is 200 g/mol. The van der Waals surface area contributed by atoms with Gasteiger partial charge in [-0.15, -0.1) is 0 Å². The minimum atomic E-state index is 0.614. The van der Waals surface area contributed by atoms with E-state index in [4.69, 9.17) is 0 Å². The Labute approximate surface area is 85.0 Å². The van der Waals surface area contributed by atoms with E-state index in [2.05, 4.69) is 29.7 Å². The van der Waals surface area contributed by atoms with Crippen LogP contribution in [-0.4, -0.2) is 18.9 Å². The van der Waals surface area contributed by atoms with E-state index >= 15 is 0 Å². The molecular formula is C9H16N2OS. The van der Waals surface area contributed by atoms with E-state index in [1.165, 1.54) is 6.20 Å². The van der Waals surface area contributed by atoms with Crippen molar-refractivity contribution in [3.63, 3.8) is 0 Å². The van der Waals surface area contributed by atoms with Crippen LogP contribution in [0.2, 0.25) is 0 Å². The van der Waals surface area contributed by atoms with Gasteiger partial charge >= 0.3 is 0 Å². The monoisotopic (exact) mass is 200 g/mol. The maximum absolute atomic E-state index is 9.91. The molecule has 13 heavy (non-hydrogen) atoms. The normalized spacial score (nSPS) is 10.2. The van der Waals surface area contributed by atoms with Crippen LogP contribution in [0.4, 0.5) is 0 Å². The molecule has 0 unspecified atom stereocenters. The van der Waals surface area contributed by atoms with Crippen LogP contribution < -0.4 is 5.32 Å². The van der Waals surface area contributed by atoms with Crippen molar-refractivity contribution < 1.29 is 4.79 Å². The number of allylic oxidation sites excluding steroid dienone is 2. The van der Waals surface area contributed by atoms with Crippen molar-refractivity contribution >= 4 is 25.8 Å². The van der Waals surface area contributed by atoms with Crippen LogP contribution in [0.25, 0.3) is 0 Å². The van der Waals surface area contributed by atoms with Gasteiger partial charge in [0.25, 0.3) is 0 Å². The van der Waals surface area contributed by atoms with Gasteiger partial charge in [-0.25, -0.2) is 0 Å². The molecule has 74 valence electrons. The summed E-state index contributed by atoms with van der Waals surface area (Å²) in [5.41, 5.74) is 0.711. The van der Waals surface area contributed by atoms with Crippen molar-refractivity contribution in [2.75, 3.05) is 5.75 Å². The molecule has 0 aliphatic heterocycles. The average Bonchev–Trinajstić information content (AvgIpc) is 2.13. The molecular weight excluding hydrogens is 184 g/mol. The maximum atomic E-state index is 9.91. The molecule has 0 aliphatic rings. The van der Waals surface area contributed by atoms with Gasteiger partial charge in [-0.2, -0.15) is 12.6 Å². The lowest BCUT2D eigenvalue weighted by Gasteiger charge is -1.93. The minimum Gasteiger partial charge on any atom is -0.329 e. The Kier molecular flexibility index (Phi) is 15.1. The third-order valence-corrected chi connectivity index (χ3v) is 0.896. The molecule has 0 spiro atoms. The predicted molar refractivity (Wildman–Crippen MR) is 61.2 cm³/mol. The van der Waals surface area contributed by atoms with Gasteiger partial charge in [0.05, 0.1) is 0 Å².